The van der Waals surface area contributed by atoms with E-state index in [2.05, 4.69) is 10.3 Å². The van der Waals surface area contributed by atoms with Crippen molar-refractivity contribution in [1.29, 1.82) is 0 Å². The molecular weight excluding hydrogens is 300 g/mol. The van der Waals surface area contributed by atoms with Crippen LogP contribution in [0.2, 0.25) is 0 Å². The molecule has 0 radical (unpaired) electrons. The molecule has 0 aliphatic rings. The molecule has 0 fully saturated rings. The second-order valence-electron chi connectivity index (χ2n) is 4.72. The van der Waals surface area contributed by atoms with Crippen LogP contribution in [0.1, 0.15) is 46.0 Å². The number of ether oxygens (including phenoxy) is 1. The molecule has 7 nitrogen and oxygen atoms in total. The Hall–Kier alpha value is -2.96. The summed E-state index contributed by atoms with van der Waals surface area (Å²) < 4.78 is 9.77. The van der Waals surface area contributed by atoms with Gasteiger partial charge in [-0.15, -0.1) is 0 Å². The summed E-state index contributed by atoms with van der Waals surface area (Å²) in [7, 11) is 0. The van der Waals surface area contributed by atoms with Gasteiger partial charge in [-0.2, -0.15) is 0 Å². The van der Waals surface area contributed by atoms with E-state index in [1.54, 1.807) is 38.1 Å². The highest BCUT2D eigenvalue weighted by atomic mass is 16.7. The molecule has 0 bridgehead atoms. The van der Waals surface area contributed by atoms with Crippen LogP contribution in [0.4, 0.5) is 0 Å². The summed E-state index contributed by atoms with van der Waals surface area (Å²) in [6, 6.07) is 8.27. The first kappa shape index (κ1) is 16.4. The highest BCUT2D eigenvalue weighted by molar-refractivity contribution is 5.98. The van der Waals surface area contributed by atoms with Crippen molar-refractivity contribution in [2.24, 2.45) is 5.16 Å². The molecule has 120 valence electrons. The monoisotopic (exact) mass is 316 g/mol. The summed E-state index contributed by atoms with van der Waals surface area (Å²) in [5.74, 6) is -0.966. The van der Waals surface area contributed by atoms with Crippen LogP contribution < -0.4 is 0 Å². The average molecular weight is 316 g/mol. The Kier molecular flexibility index (Phi) is 5.24. The Labute approximate surface area is 132 Å². The number of aryl methyl sites for hydroxylation is 1. The molecule has 0 N–H and O–H groups in total. The number of nitrogens with zero attached hydrogens (tertiary/aromatic N) is 2. The SMILES string of the molecule is CCOC(=O)c1cc(/C(C)=N\OC(=O)c2ccc(C)cc2)on1. The Morgan fingerprint density at radius 2 is 1.91 bits per heavy atom. The third kappa shape index (κ3) is 4.26. The second-order valence-corrected chi connectivity index (χ2v) is 4.72. The highest BCUT2D eigenvalue weighted by Crippen LogP contribution is 2.09. The van der Waals surface area contributed by atoms with E-state index < -0.39 is 11.9 Å². The maximum absolute atomic E-state index is 11.8. The highest BCUT2D eigenvalue weighted by Gasteiger charge is 2.16. The van der Waals surface area contributed by atoms with E-state index >= 15 is 0 Å². The van der Waals surface area contributed by atoms with Gasteiger partial charge < -0.3 is 14.1 Å². The Morgan fingerprint density at radius 3 is 2.57 bits per heavy atom. The van der Waals surface area contributed by atoms with Gasteiger partial charge in [0.15, 0.2) is 11.5 Å². The van der Waals surface area contributed by atoms with Gasteiger partial charge in [0.2, 0.25) is 0 Å². The quantitative estimate of drug-likeness (QED) is 0.364. The predicted molar refractivity (Wildman–Crippen MR) is 81.3 cm³/mol. The summed E-state index contributed by atoms with van der Waals surface area (Å²) in [5, 5.41) is 7.27. The van der Waals surface area contributed by atoms with Crippen LogP contribution in [0.25, 0.3) is 0 Å². The lowest BCUT2D eigenvalue weighted by atomic mass is 10.2. The third-order valence-electron chi connectivity index (χ3n) is 2.90. The van der Waals surface area contributed by atoms with E-state index in [4.69, 9.17) is 14.1 Å². The first-order valence-corrected chi connectivity index (χ1v) is 6.98. The van der Waals surface area contributed by atoms with Gasteiger partial charge in [0, 0.05) is 6.07 Å². The molecule has 0 aliphatic heterocycles. The van der Waals surface area contributed by atoms with Crippen molar-refractivity contribution < 1.29 is 23.7 Å². The molecule has 0 spiro atoms. The Balaban J connectivity index is 2.03. The molecule has 1 heterocycles. The molecule has 0 atom stereocenters. The van der Waals surface area contributed by atoms with Crippen molar-refractivity contribution in [1.82, 2.24) is 5.16 Å². The largest absolute Gasteiger partial charge is 0.461 e. The fraction of sp³-hybridized carbons (Fsp3) is 0.250. The maximum Gasteiger partial charge on any atom is 0.365 e. The van der Waals surface area contributed by atoms with Gasteiger partial charge in [-0.1, -0.05) is 28.0 Å². The molecule has 0 aliphatic carbocycles. The van der Waals surface area contributed by atoms with Crippen molar-refractivity contribution in [2.45, 2.75) is 20.8 Å². The minimum absolute atomic E-state index is 0.0289. The zero-order valence-electron chi connectivity index (χ0n) is 13.0. The molecule has 0 amide bonds. The van der Waals surface area contributed by atoms with Gasteiger partial charge in [-0.05, 0) is 32.9 Å². The fourth-order valence-corrected chi connectivity index (χ4v) is 1.64. The Morgan fingerprint density at radius 1 is 1.22 bits per heavy atom. The standard InChI is InChI=1S/C16H16N2O5/c1-4-21-16(20)13-9-14(22-18-13)11(3)17-23-15(19)12-7-5-10(2)6-8-12/h5-9H,4H2,1-3H3/b17-11-. The number of rotatable bonds is 5. The van der Waals surface area contributed by atoms with Gasteiger partial charge in [0.1, 0.15) is 5.71 Å². The summed E-state index contributed by atoms with van der Waals surface area (Å²) >= 11 is 0. The average Bonchev–Trinajstić information content (AvgIpc) is 3.03. The summed E-state index contributed by atoms with van der Waals surface area (Å²) in [6.45, 7) is 5.42. The second kappa shape index (κ2) is 7.35. The number of carbonyl (C=O) groups excluding carboxylic acids is 2. The molecular formula is C16H16N2O5. The first-order valence-electron chi connectivity index (χ1n) is 6.98. The number of carbonyl (C=O) groups is 2. The van der Waals surface area contributed by atoms with Gasteiger partial charge >= 0.3 is 11.9 Å². The van der Waals surface area contributed by atoms with E-state index in [1.807, 2.05) is 6.92 Å². The topological polar surface area (TPSA) is 91.0 Å². The van der Waals surface area contributed by atoms with Gasteiger partial charge in [0.25, 0.3) is 0 Å². The van der Waals surface area contributed by atoms with Crippen LogP contribution >= 0.6 is 0 Å². The number of benzene rings is 1. The normalized spacial score (nSPS) is 11.2. The van der Waals surface area contributed by atoms with Gasteiger partial charge in [-0.3, -0.25) is 0 Å². The summed E-state index contributed by atoms with van der Waals surface area (Å²) in [5.41, 5.74) is 1.72. The van der Waals surface area contributed by atoms with E-state index in [0.717, 1.165) is 5.56 Å². The number of aromatic nitrogens is 1. The summed E-state index contributed by atoms with van der Waals surface area (Å²) in [6.07, 6.45) is 0. The van der Waals surface area contributed by atoms with Gasteiger partial charge in [0.05, 0.1) is 12.2 Å². The van der Waals surface area contributed by atoms with Crippen LogP contribution in [0.15, 0.2) is 40.0 Å². The van der Waals surface area contributed by atoms with Crippen LogP contribution in [0.5, 0.6) is 0 Å². The van der Waals surface area contributed by atoms with Gasteiger partial charge in [-0.25, -0.2) is 9.59 Å². The van der Waals surface area contributed by atoms with Crippen LogP contribution in [0.3, 0.4) is 0 Å². The maximum atomic E-state index is 11.8. The van der Waals surface area contributed by atoms with Crippen LogP contribution in [-0.4, -0.2) is 29.4 Å². The van der Waals surface area contributed by atoms with Crippen molar-refractivity contribution in [3.63, 3.8) is 0 Å². The molecule has 1 aromatic heterocycles. The van der Waals surface area contributed by atoms with Crippen molar-refractivity contribution in [2.75, 3.05) is 6.61 Å². The van der Waals surface area contributed by atoms with Crippen molar-refractivity contribution in [3.8, 4) is 0 Å². The zero-order chi connectivity index (χ0) is 16.8. The van der Waals surface area contributed by atoms with E-state index in [1.165, 1.54) is 6.07 Å². The predicted octanol–water partition coefficient (Wildman–Crippen LogP) is 2.74. The number of oxime groups is 1. The molecule has 2 aromatic rings. The van der Waals surface area contributed by atoms with E-state index in [-0.39, 0.29) is 23.8 Å². The van der Waals surface area contributed by atoms with Crippen molar-refractivity contribution in [3.05, 3.63) is 52.9 Å². The number of hydrogen-bond donors (Lipinski definition) is 0. The number of esters is 1. The zero-order valence-corrected chi connectivity index (χ0v) is 13.0. The Bertz CT molecular complexity index is 731. The minimum Gasteiger partial charge on any atom is -0.461 e. The molecule has 2 rings (SSSR count). The lowest BCUT2D eigenvalue weighted by molar-refractivity contribution is 0.0507. The third-order valence-corrected chi connectivity index (χ3v) is 2.90. The van der Waals surface area contributed by atoms with Crippen molar-refractivity contribution >= 4 is 17.7 Å². The molecule has 23 heavy (non-hydrogen) atoms. The first-order chi connectivity index (χ1) is 11.0. The lowest BCUT2D eigenvalue weighted by Gasteiger charge is -1.99. The van der Waals surface area contributed by atoms with Crippen LogP contribution in [0, 0.1) is 6.92 Å². The van der Waals surface area contributed by atoms with E-state index in [0.29, 0.717) is 5.56 Å². The molecule has 1 aromatic carbocycles. The van der Waals surface area contributed by atoms with Crippen LogP contribution in [-0.2, 0) is 9.57 Å². The minimum atomic E-state index is -0.591. The van der Waals surface area contributed by atoms with E-state index in [9.17, 15) is 9.59 Å². The fourth-order valence-electron chi connectivity index (χ4n) is 1.64. The number of hydrogen-bond acceptors (Lipinski definition) is 7. The molecule has 0 unspecified atom stereocenters. The summed E-state index contributed by atoms with van der Waals surface area (Å²) in [4.78, 5) is 28.2. The molecule has 7 heteroatoms. The lowest BCUT2D eigenvalue weighted by Crippen LogP contribution is -2.05. The smallest absolute Gasteiger partial charge is 0.365 e. The molecule has 0 saturated carbocycles. The molecule has 0 saturated heterocycles.